The lowest BCUT2D eigenvalue weighted by molar-refractivity contribution is -0.874. The summed E-state index contributed by atoms with van der Waals surface area (Å²) >= 11 is 0. The fourth-order valence-corrected chi connectivity index (χ4v) is 3.99. The molecule has 0 heterocycles. The summed E-state index contributed by atoms with van der Waals surface area (Å²) in [4.78, 5) is 48.9. The average molecular weight is 529 g/mol. The van der Waals surface area contributed by atoms with E-state index in [0.29, 0.717) is 32.6 Å². The molecule has 37 heavy (non-hydrogen) atoms. The first-order valence-electron chi connectivity index (χ1n) is 14.1. The molecule has 0 saturated carbocycles. The Hall–Kier alpha value is -2.20. The monoisotopic (exact) mass is 528 g/mol. The third-order valence-corrected chi connectivity index (χ3v) is 5.99. The van der Waals surface area contributed by atoms with Crippen LogP contribution in [-0.4, -0.2) is 113 Å². The van der Waals surface area contributed by atoms with Crippen LogP contribution >= 0.6 is 0 Å². The summed E-state index contributed by atoms with van der Waals surface area (Å²) in [6.07, 6.45) is 9.48. The second kappa shape index (κ2) is 19.9. The van der Waals surface area contributed by atoms with Crippen molar-refractivity contribution in [3.8, 4) is 0 Å². The zero-order chi connectivity index (χ0) is 28.2. The number of amides is 4. The molecule has 0 fully saturated rings. The van der Waals surface area contributed by atoms with Crippen molar-refractivity contribution < 1.29 is 28.1 Å². The third-order valence-electron chi connectivity index (χ3n) is 5.99. The summed E-state index contributed by atoms with van der Waals surface area (Å²) in [5.74, 6) is -0.318. The van der Waals surface area contributed by atoms with Gasteiger partial charge in [0.05, 0.1) is 28.2 Å². The van der Waals surface area contributed by atoms with Crippen LogP contribution < -0.4 is 21.3 Å². The molecule has 0 atom stereocenters. The number of quaternary nitrogens is 2. The fourth-order valence-electron chi connectivity index (χ4n) is 3.99. The van der Waals surface area contributed by atoms with Gasteiger partial charge in [0.2, 0.25) is 0 Å². The van der Waals surface area contributed by atoms with E-state index in [9.17, 15) is 19.2 Å². The van der Waals surface area contributed by atoms with E-state index in [1.807, 2.05) is 28.2 Å². The number of hydrogen-bond acceptors (Lipinski definition) is 4. The van der Waals surface area contributed by atoms with Crippen molar-refractivity contribution in [2.75, 3.05) is 80.5 Å². The molecule has 0 radical (unpaired) electrons. The highest BCUT2D eigenvalue weighted by molar-refractivity contribution is 5.80. The normalized spacial score (nSPS) is 11.6. The fraction of sp³-hybridized carbons (Fsp3) is 0.852. The van der Waals surface area contributed by atoms with Crippen molar-refractivity contribution in [3.63, 3.8) is 0 Å². The lowest BCUT2D eigenvalue weighted by Crippen LogP contribution is -2.53. The maximum Gasteiger partial charge on any atom is 0.275 e. The maximum atomic E-state index is 12.3. The Balaban J connectivity index is 4.03. The summed E-state index contributed by atoms with van der Waals surface area (Å²) in [6.45, 7) is 7.48. The standard InChI is InChI=1S/C27H54N6O4/c1-7-9-11-13-16-28-24(34)20-32(3,4)22-26(36)30-18-15-19-31-27(37)23-33(5,6)21-25(35)29-17-14-12-10-8-2/h7-23H2,1-6H3,(H2-2,28,29,30,31,34,35,36,37)/p+2. The first kappa shape index (κ1) is 34.8. The molecule has 0 aromatic heterocycles. The number of carbonyl (C=O) groups excluding carboxylic acids is 4. The molecule has 0 bridgehead atoms. The molecule has 4 amide bonds. The molecule has 4 N–H and O–H groups in total. The SMILES string of the molecule is CCCCCCNC(=O)C[N+](C)(C)CC(=O)NCCCNC(=O)C[N+](C)(C)CC(=O)NCCCCCC. The Morgan fingerprint density at radius 1 is 0.432 bits per heavy atom. The summed E-state index contributed by atoms with van der Waals surface area (Å²) in [7, 11) is 7.46. The molecule has 0 aliphatic carbocycles. The van der Waals surface area contributed by atoms with Crippen molar-refractivity contribution >= 4 is 23.6 Å². The number of nitrogens with one attached hydrogen (secondary N) is 4. The molecule has 0 rings (SSSR count). The van der Waals surface area contributed by atoms with Crippen molar-refractivity contribution in [1.29, 1.82) is 0 Å². The van der Waals surface area contributed by atoms with Crippen molar-refractivity contribution in [3.05, 3.63) is 0 Å². The molecule has 0 saturated heterocycles. The lowest BCUT2D eigenvalue weighted by Gasteiger charge is -2.28. The first-order chi connectivity index (χ1) is 17.4. The zero-order valence-corrected chi connectivity index (χ0v) is 24.5. The number of unbranched alkanes of at least 4 members (excludes halogenated alkanes) is 6. The Bertz CT molecular complexity index is 626. The summed E-state index contributed by atoms with van der Waals surface area (Å²) in [6, 6.07) is 0. The highest BCUT2D eigenvalue weighted by Gasteiger charge is 2.24. The van der Waals surface area contributed by atoms with Crippen LogP contribution in [0.25, 0.3) is 0 Å². The third kappa shape index (κ3) is 21.6. The molecule has 0 aromatic rings. The van der Waals surface area contributed by atoms with Crippen LogP contribution in [0, 0.1) is 0 Å². The molecular weight excluding hydrogens is 472 g/mol. The topological polar surface area (TPSA) is 116 Å². The van der Waals surface area contributed by atoms with Gasteiger partial charge in [-0.1, -0.05) is 52.4 Å². The number of hydrogen-bond donors (Lipinski definition) is 4. The minimum atomic E-state index is -0.120. The molecule has 0 aromatic carbocycles. The quantitative estimate of drug-likeness (QED) is 0.125. The molecule has 0 unspecified atom stereocenters. The van der Waals surface area contributed by atoms with E-state index >= 15 is 0 Å². The average Bonchev–Trinajstić information content (AvgIpc) is 2.77. The van der Waals surface area contributed by atoms with Gasteiger partial charge in [0.15, 0.2) is 26.2 Å². The van der Waals surface area contributed by atoms with Gasteiger partial charge >= 0.3 is 0 Å². The van der Waals surface area contributed by atoms with Gasteiger partial charge in [-0.25, -0.2) is 0 Å². The highest BCUT2D eigenvalue weighted by Crippen LogP contribution is 2.00. The Labute approximate surface area is 225 Å². The second-order valence-electron chi connectivity index (χ2n) is 11.4. The van der Waals surface area contributed by atoms with Crippen LogP contribution in [0.3, 0.4) is 0 Å². The van der Waals surface area contributed by atoms with Gasteiger partial charge in [-0.15, -0.1) is 0 Å². The predicted molar refractivity (Wildman–Crippen MR) is 149 cm³/mol. The molecule has 216 valence electrons. The Kier molecular flexibility index (Phi) is 18.7. The highest BCUT2D eigenvalue weighted by atomic mass is 16.2. The van der Waals surface area contributed by atoms with Crippen LogP contribution in [0.5, 0.6) is 0 Å². The van der Waals surface area contributed by atoms with Gasteiger partial charge in [-0.2, -0.15) is 0 Å². The number of rotatable bonds is 22. The molecule has 0 aliphatic heterocycles. The van der Waals surface area contributed by atoms with Crippen LogP contribution in [-0.2, 0) is 19.2 Å². The molecule has 10 heteroatoms. The Morgan fingerprint density at radius 3 is 0.973 bits per heavy atom. The van der Waals surface area contributed by atoms with Gasteiger partial charge in [0.25, 0.3) is 23.6 Å². The smallest absolute Gasteiger partial charge is 0.275 e. The Morgan fingerprint density at radius 2 is 0.703 bits per heavy atom. The number of carbonyl (C=O) groups is 4. The summed E-state index contributed by atoms with van der Waals surface area (Å²) in [5, 5.41) is 11.6. The largest absolute Gasteiger partial charge is 0.351 e. The molecule has 0 aliphatic rings. The van der Waals surface area contributed by atoms with Gasteiger partial charge in [0, 0.05) is 26.2 Å². The maximum absolute atomic E-state index is 12.3. The van der Waals surface area contributed by atoms with E-state index in [-0.39, 0.29) is 58.8 Å². The number of likely N-dealkylation sites (N-methyl/N-ethyl adjacent to an activating group) is 2. The van der Waals surface area contributed by atoms with Crippen LogP contribution in [0.1, 0.15) is 71.6 Å². The van der Waals surface area contributed by atoms with Crippen LogP contribution in [0.4, 0.5) is 0 Å². The molecular formula is C27H56N6O4+2. The van der Waals surface area contributed by atoms with E-state index in [4.69, 9.17) is 0 Å². The van der Waals surface area contributed by atoms with Gasteiger partial charge in [-0.3, -0.25) is 19.2 Å². The van der Waals surface area contributed by atoms with Crippen LogP contribution in [0.2, 0.25) is 0 Å². The minimum absolute atomic E-state index is 0.0391. The van der Waals surface area contributed by atoms with Crippen molar-refractivity contribution in [2.24, 2.45) is 0 Å². The minimum Gasteiger partial charge on any atom is -0.351 e. The van der Waals surface area contributed by atoms with E-state index in [2.05, 4.69) is 35.1 Å². The van der Waals surface area contributed by atoms with Crippen LogP contribution in [0.15, 0.2) is 0 Å². The van der Waals surface area contributed by atoms with E-state index in [0.717, 1.165) is 38.5 Å². The summed E-state index contributed by atoms with van der Waals surface area (Å²) < 4.78 is 0.561. The molecule has 10 nitrogen and oxygen atoms in total. The summed E-state index contributed by atoms with van der Waals surface area (Å²) in [5.41, 5.74) is 0. The van der Waals surface area contributed by atoms with Crippen molar-refractivity contribution in [1.82, 2.24) is 21.3 Å². The first-order valence-corrected chi connectivity index (χ1v) is 14.1. The van der Waals surface area contributed by atoms with Gasteiger partial charge in [-0.05, 0) is 19.3 Å². The van der Waals surface area contributed by atoms with E-state index in [1.165, 1.54) is 12.8 Å². The lowest BCUT2D eigenvalue weighted by atomic mass is 10.2. The van der Waals surface area contributed by atoms with Gasteiger partial charge in [0.1, 0.15) is 0 Å². The van der Waals surface area contributed by atoms with Crippen molar-refractivity contribution in [2.45, 2.75) is 71.6 Å². The van der Waals surface area contributed by atoms with E-state index < -0.39 is 0 Å². The molecule has 0 spiro atoms. The second-order valence-corrected chi connectivity index (χ2v) is 11.4. The predicted octanol–water partition coefficient (Wildman–Crippen LogP) is 1.15. The van der Waals surface area contributed by atoms with E-state index in [1.54, 1.807) is 0 Å². The zero-order valence-electron chi connectivity index (χ0n) is 24.5. The van der Waals surface area contributed by atoms with Gasteiger partial charge < -0.3 is 30.2 Å². The number of nitrogens with zero attached hydrogens (tertiary/aromatic N) is 2.